The van der Waals surface area contributed by atoms with Gasteiger partial charge in [0.15, 0.2) is 0 Å². The van der Waals surface area contributed by atoms with Crippen LogP contribution < -0.4 is 10.6 Å². The number of ketones is 1. The van der Waals surface area contributed by atoms with E-state index in [1.165, 1.54) is 0 Å². The second kappa shape index (κ2) is 7.67. The summed E-state index contributed by atoms with van der Waals surface area (Å²) in [5.74, 6) is 1.29. The monoisotopic (exact) mass is 272 g/mol. The molecule has 0 bridgehead atoms. The van der Waals surface area contributed by atoms with E-state index in [0.29, 0.717) is 23.8 Å². The second-order valence-electron chi connectivity index (χ2n) is 4.57. The molecular formula is C13H24N2O2S. The summed E-state index contributed by atoms with van der Waals surface area (Å²) in [6, 6.07) is 0.592. The first-order chi connectivity index (χ1) is 8.66. The van der Waals surface area contributed by atoms with E-state index in [4.69, 9.17) is 0 Å². The largest absolute Gasteiger partial charge is 0.332 e. The van der Waals surface area contributed by atoms with Crippen molar-refractivity contribution in [3.05, 3.63) is 0 Å². The highest BCUT2D eigenvalue weighted by Gasteiger charge is 2.42. The zero-order valence-corrected chi connectivity index (χ0v) is 12.3. The van der Waals surface area contributed by atoms with Gasteiger partial charge in [0.05, 0.1) is 12.1 Å². The van der Waals surface area contributed by atoms with Gasteiger partial charge in [0.2, 0.25) is 0 Å². The lowest BCUT2D eigenvalue weighted by Crippen LogP contribution is -2.36. The van der Waals surface area contributed by atoms with Gasteiger partial charge in [-0.25, -0.2) is 4.79 Å². The molecule has 0 aliphatic carbocycles. The lowest BCUT2D eigenvalue weighted by molar-refractivity contribution is -0.117. The maximum absolute atomic E-state index is 11.1. The van der Waals surface area contributed by atoms with Crippen molar-refractivity contribution in [2.45, 2.75) is 63.8 Å². The summed E-state index contributed by atoms with van der Waals surface area (Å²) in [5, 5.41) is 6.43. The van der Waals surface area contributed by atoms with Crippen LogP contribution >= 0.6 is 11.8 Å². The third-order valence-corrected chi connectivity index (χ3v) is 4.71. The molecule has 2 rings (SSSR count). The first kappa shape index (κ1) is 15.3. The summed E-state index contributed by atoms with van der Waals surface area (Å²) < 4.78 is 0. The Bertz CT molecular complexity index is 297. The number of hydrogen-bond acceptors (Lipinski definition) is 3. The minimum atomic E-state index is -0.0240. The molecule has 1 unspecified atom stereocenters. The van der Waals surface area contributed by atoms with Crippen molar-refractivity contribution in [3.63, 3.8) is 0 Å². The molecule has 2 aliphatic rings. The molecule has 0 saturated carbocycles. The SMILES string of the molecule is CC.CC(=O)CCCCC1SC[C@@H]2NC(=O)N[C@H]12. The summed E-state index contributed by atoms with van der Waals surface area (Å²) in [6.07, 6.45) is 3.85. The van der Waals surface area contributed by atoms with Gasteiger partial charge in [0, 0.05) is 17.4 Å². The highest BCUT2D eigenvalue weighted by molar-refractivity contribution is 8.00. The number of unbranched alkanes of at least 4 members (excludes halogenated alkanes) is 1. The fourth-order valence-electron chi connectivity index (χ4n) is 2.36. The quantitative estimate of drug-likeness (QED) is 0.596. The van der Waals surface area contributed by atoms with Crippen LogP contribution in [0.4, 0.5) is 4.79 Å². The molecule has 2 saturated heterocycles. The number of hydrogen-bond donors (Lipinski definition) is 2. The van der Waals surface area contributed by atoms with E-state index in [1.54, 1.807) is 6.92 Å². The molecule has 2 fully saturated rings. The Labute approximate surface area is 114 Å². The molecule has 3 atom stereocenters. The van der Waals surface area contributed by atoms with Gasteiger partial charge in [0.25, 0.3) is 0 Å². The van der Waals surface area contributed by atoms with Crippen molar-refractivity contribution in [1.82, 2.24) is 10.6 Å². The van der Waals surface area contributed by atoms with Crippen molar-refractivity contribution in [2.75, 3.05) is 5.75 Å². The van der Waals surface area contributed by atoms with Crippen LogP contribution in [0.5, 0.6) is 0 Å². The normalized spacial score (nSPS) is 28.8. The van der Waals surface area contributed by atoms with Crippen molar-refractivity contribution in [2.24, 2.45) is 0 Å². The van der Waals surface area contributed by atoms with Crippen molar-refractivity contribution >= 4 is 23.6 Å². The minimum absolute atomic E-state index is 0.0240. The number of nitrogens with one attached hydrogen (secondary N) is 2. The third kappa shape index (κ3) is 4.19. The summed E-state index contributed by atoms with van der Waals surface area (Å²) >= 11 is 1.93. The Morgan fingerprint density at radius 2 is 2.06 bits per heavy atom. The fourth-order valence-corrected chi connectivity index (χ4v) is 3.91. The molecule has 18 heavy (non-hydrogen) atoms. The van der Waals surface area contributed by atoms with Gasteiger partial charge in [-0.05, 0) is 19.8 Å². The summed E-state index contributed by atoms with van der Waals surface area (Å²) in [5.41, 5.74) is 0. The number of rotatable bonds is 5. The van der Waals surface area contributed by atoms with Gasteiger partial charge in [-0.3, -0.25) is 0 Å². The zero-order chi connectivity index (χ0) is 13.5. The second-order valence-corrected chi connectivity index (χ2v) is 5.84. The van der Waals surface area contributed by atoms with Crippen molar-refractivity contribution in [3.8, 4) is 0 Å². The van der Waals surface area contributed by atoms with E-state index in [-0.39, 0.29) is 11.8 Å². The van der Waals surface area contributed by atoms with Crippen LogP contribution in [0.15, 0.2) is 0 Å². The topological polar surface area (TPSA) is 58.2 Å². The molecular weight excluding hydrogens is 248 g/mol. The number of carbonyl (C=O) groups excluding carboxylic acids is 2. The lowest BCUT2D eigenvalue weighted by atomic mass is 10.0. The molecule has 0 radical (unpaired) electrons. The average molecular weight is 272 g/mol. The smallest absolute Gasteiger partial charge is 0.315 e. The maximum atomic E-state index is 11.1. The number of amides is 2. The molecule has 104 valence electrons. The summed E-state index contributed by atoms with van der Waals surface area (Å²) in [6.45, 7) is 5.64. The van der Waals surface area contributed by atoms with Crippen LogP contribution in [0.3, 0.4) is 0 Å². The van der Waals surface area contributed by atoms with E-state index < -0.39 is 0 Å². The van der Waals surface area contributed by atoms with Crippen LogP contribution in [0.1, 0.15) is 46.5 Å². The third-order valence-electron chi connectivity index (χ3n) is 3.21. The molecule has 2 heterocycles. The van der Waals surface area contributed by atoms with Crippen LogP contribution in [-0.2, 0) is 4.79 Å². The molecule has 2 aliphatic heterocycles. The number of fused-ring (bicyclic) bond motifs is 1. The van der Waals surface area contributed by atoms with Crippen LogP contribution in [0.2, 0.25) is 0 Å². The number of carbonyl (C=O) groups is 2. The van der Waals surface area contributed by atoms with Gasteiger partial charge >= 0.3 is 6.03 Å². The van der Waals surface area contributed by atoms with Gasteiger partial charge in [0.1, 0.15) is 5.78 Å². The standard InChI is InChI=1S/C11H18N2O2S.C2H6/c1-7(14)4-2-3-5-9-10-8(6-16-9)12-11(15)13-10;1-2/h8-10H,2-6H2,1H3,(H2,12,13,15);1-2H3/t8-,9?,10-;/m0./s1. The highest BCUT2D eigenvalue weighted by atomic mass is 32.2. The Kier molecular flexibility index (Phi) is 6.54. The Morgan fingerprint density at radius 3 is 2.72 bits per heavy atom. The van der Waals surface area contributed by atoms with Gasteiger partial charge in [-0.2, -0.15) is 11.8 Å². The predicted molar refractivity (Wildman–Crippen MR) is 76.0 cm³/mol. The minimum Gasteiger partial charge on any atom is -0.332 e. The Hall–Kier alpha value is -0.710. The first-order valence-electron chi connectivity index (χ1n) is 6.85. The van der Waals surface area contributed by atoms with Crippen LogP contribution in [-0.4, -0.2) is 34.9 Å². The molecule has 0 aromatic rings. The summed E-state index contributed by atoms with van der Waals surface area (Å²) in [7, 11) is 0. The zero-order valence-electron chi connectivity index (χ0n) is 11.5. The molecule has 0 spiro atoms. The van der Waals surface area contributed by atoms with E-state index in [0.717, 1.165) is 25.0 Å². The molecule has 2 amide bonds. The van der Waals surface area contributed by atoms with Crippen molar-refractivity contribution < 1.29 is 9.59 Å². The van der Waals surface area contributed by atoms with E-state index in [1.807, 2.05) is 25.6 Å². The van der Waals surface area contributed by atoms with Crippen molar-refractivity contribution in [1.29, 1.82) is 0 Å². The predicted octanol–water partition coefficient (Wildman–Crippen LogP) is 2.33. The van der Waals surface area contributed by atoms with Gasteiger partial charge in [-0.15, -0.1) is 0 Å². The Balaban J connectivity index is 0.000000771. The van der Waals surface area contributed by atoms with E-state index in [9.17, 15) is 9.59 Å². The molecule has 5 heteroatoms. The molecule has 2 N–H and O–H groups in total. The number of thioether (sulfide) groups is 1. The molecule has 0 aromatic carbocycles. The first-order valence-corrected chi connectivity index (χ1v) is 7.90. The van der Waals surface area contributed by atoms with Crippen LogP contribution in [0, 0.1) is 0 Å². The highest BCUT2D eigenvalue weighted by Crippen LogP contribution is 2.33. The van der Waals surface area contributed by atoms with E-state index >= 15 is 0 Å². The summed E-state index contributed by atoms with van der Waals surface area (Å²) in [4.78, 5) is 21.9. The van der Waals surface area contributed by atoms with Crippen LogP contribution in [0.25, 0.3) is 0 Å². The molecule has 4 nitrogen and oxygen atoms in total. The average Bonchev–Trinajstić information content (AvgIpc) is 2.87. The van der Waals surface area contributed by atoms with Gasteiger partial charge in [-0.1, -0.05) is 20.3 Å². The van der Waals surface area contributed by atoms with E-state index in [2.05, 4.69) is 10.6 Å². The Morgan fingerprint density at radius 1 is 1.33 bits per heavy atom. The lowest BCUT2D eigenvalue weighted by Gasteiger charge is -2.16. The number of Topliss-reactive ketones (excluding diaryl/α,β-unsaturated/α-hetero) is 1. The maximum Gasteiger partial charge on any atom is 0.315 e. The molecule has 0 aromatic heterocycles. The fraction of sp³-hybridized carbons (Fsp3) is 0.846. The number of urea groups is 1. The van der Waals surface area contributed by atoms with Gasteiger partial charge < -0.3 is 15.4 Å².